The van der Waals surface area contributed by atoms with Crippen LogP contribution < -0.4 is 0 Å². The van der Waals surface area contributed by atoms with E-state index < -0.39 is 17.9 Å². The van der Waals surface area contributed by atoms with Crippen LogP contribution in [-0.4, -0.2) is 16.9 Å². The highest BCUT2D eigenvalue weighted by Crippen LogP contribution is 2.30. The first-order valence-electron chi connectivity index (χ1n) is 4.16. The smallest absolute Gasteiger partial charge is 0.375 e. The van der Waals surface area contributed by atoms with E-state index in [-0.39, 0.29) is 0 Å². The fraction of sp³-hybridized carbons (Fsp3) is 0.200. The number of hydrogen-bond donors (Lipinski definition) is 1. The van der Waals surface area contributed by atoms with Crippen LogP contribution in [0.3, 0.4) is 0 Å². The first-order valence-corrected chi connectivity index (χ1v) is 4.16. The third-order valence-electron chi connectivity index (χ3n) is 2.19. The highest BCUT2D eigenvalue weighted by Gasteiger charge is 2.33. The molecule has 0 amide bonds. The van der Waals surface area contributed by atoms with Gasteiger partial charge in [-0.1, -0.05) is 24.3 Å². The number of ketones is 1. The molecule has 1 aliphatic heterocycles. The van der Waals surface area contributed by atoms with Crippen molar-refractivity contribution in [2.75, 3.05) is 0 Å². The van der Waals surface area contributed by atoms with E-state index in [0.29, 0.717) is 12.2 Å². The van der Waals surface area contributed by atoms with Crippen LogP contribution in [0.2, 0.25) is 0 Å². The molecule has 1 aromatic carbocycles. The first-order chi connectivity index (χ1) is 6.70. The van der Waals surface area contributed by atoms with Gasteiger partial charge in [0.15, 0.2) is 6.10 Å². The maximum Gasteiger partial charge on any atom is 0.375 e. The molecule has 1 aromatic rings. The molecule has 1 atom stereocenters. The molecule has 1 N–H and O–H groups in total. The van der Waals surface area contributed by atoms with E-state index in [4.69, 9.17) is 9.84 Å². The van der Waals surface area contributed by atoms with Crippen molar-refractivity contribution in [3.8, 4) is 0 Å². The summed E-state index contributed by atoms with van der Waals surface area (Å²) in [7, 11) is 0. The second-order valence-corrected chi connectivity index (χ2v) is 3.06. The van der Waals surface area contributed by atoms with Crippen LogP contribution >= 0.6 is 0 Å². The van der Waals surface area contributed by atoms with Crippen LogP contribution in [0.1, 0.15) is 17.2 Å². The first kappa shape index (κ1) is 8.90. The minimum absolute atomic E-state index is 0.305. The minimum Gasteiger partial charge on any atom is -0.475 e. The molecule has 0 radical (unpaired) electrons. The van der Waals surface area contributed by atoms with Crippen molar-refractivity contribution >= 4 is 11.8 Å². The molecule has 1 unspecified atom stereocenters. The lowest BCUT2D eigenvalue weighted by atomic mass is 10.0. The number of aliphatic carboxylic acids is 1. The molecule has 0 saturated carbocycles. The molecular weight excluding hydrogens is 184 g/mol. The van der Waals surface area contributed by atoms with Gasteiger partial charge in [-0.25, -0.2) is 4.79 Å². The van der Waals surface area contributed by atoms with Gasteiger partial charge in [0.2, 0.25) is 0 Å². The molecule has 72 valence electrons. The third kappa shape index (κ3) is 1.29. The second-order valence-electron chi connectivity index (χ2n) is 3.06. The van der Waals surface area contributed by atoms with Gasteiger partial charge in [0.25, 0.3) is 5.78 Å². The van der Waals surface area contributed by atoms with Gasteiger partial charge in [-0.15, -0.1) is 0 Å². The molecule has 0 bridgehead atoms. The molecule has 0 spiro atoms. The molecular formula is C10H8O4. The van der Waals surface area contributed by atoms with Gasteiger partial charge in [0.05, 0.1) is 6.61 Å². The van der Waals surface area contributed by atoms with Crippen LogP contribution in [0.4, 0.5) is 0 Å². The monoisotopic (exact) mass is 192 g/mol. The van der Waals surface area contributed by atoms with Gasteiger partial charge in [-0.3, -0.25) is 4.79 Å². The van der Waals surface area contributed by atoms with Crippen LogP contribution in [0.15, 0.2) is 24.3 Å². The Bertz CT molecular complexity index is 397. The molecule has 2 rings (SSSR count). The summed E-state index contributed by atoms with van der Waals surface area (Å²) in [6.45, 7) is 0.305. The lowest BCUT2D eigenvalue weighted by Gasteiger charge is -2.05. The van der Waals surface area contributed by atoms with Crippen molar-refractivity contribution in [3.05, 3.63) is 35.4 Å². The van der Waals surface area contributed by atoms with E-state index in [1.165, 1.54) is 0 Å². The third-order valence-corrected chi connectivity index (χ3v) is 2.19. The Morgan fingerprint density at radius 3 is 2.79 bits per heavy atom. The Morgan fingerprint density at radius 2 is 2.07 bits per heavy atom. The van der Waals surface area contributed by atoms with E-state index >= 15 is 0 Å². The number of carbonyl (C=O) groups is 2. The van der Waals surface area contributed by atoms with Crippen molar-refractivity contribution in [3.63, 3.8) is 0 Å². The number of Topliss-reactive ketones (excluding diaryl/α,β-unsaturated/α-hetero) is 1. The highest BCUT2D eigenvalue weighted by atomic mass is 16.5. The van der Waals surface area contributed by atoms with Crippen LogP contribution in [-0.2, 0) is 20.9 Å². The lowest BCUT2D eigenvalue weighted by Crippen LogP contribution is -2.20. The number of rotatable bonds is 2. The molecule has 1 heterocycles. The summed E-state index contributed by atoms with van der Waals surface area (Å²) in [6, 6.07) is 7.13. The Labute approximate surface area is 80.1 Å². The summed E-state index contributed by atoms with van der Waals surface area (Å²) in [5.74, 6) is -2.36. The van der Waals surface area contributed by atoms with E-state index in [1.54, 1.807) is 12.1 Å². The van der Waals surface area contributed by atoms with Crippen molar-refractivity contribution in [1.29, 1.82) is 0 Å². The number of fused-ring (bicyclic) bond motifs is 1. The highest BCUT2D eigenvalue weighted by molar-refractivity contribution is 6.34. The van der Waals surface area contributed by atoms with Crippen molar-refractivity contribution in [2.45, 2.75) is 12.7 Å². The van der Waals surface area contributed by atoms with Crippen molar-refractivity contribution in [1.82, 2.24) is 0 Å². The summed E-state index contributed by atoms with van der Waals surface area (Å²) in [5.41, 5.74) is 1.55. The fourth-order valence-electron chi connectivity index (χ4n) is 1.51. The summed E-state index contributed by atoms with van der Waals surface area (Å²) in [5, 5.41) is 8.54. The van der Waals surface area contributed by atoms with E-state index in [0.717, 1.165) is 5.56 Å². The summed E-state index contributed by atoms with van der Waals surface area (Å²) >= 11 is 0. The number of carboxylic acid groups (broad SMARTS) is 1. The number of ether oxygens (including phenoxy) is 1. The second kappa shape index (κ2) is 3.23. The Balaban J connectivity index is 2.35. The van der Waals surface area contributed by atoms with Crippen LogP contribution in [0.25, 0.3) is 0 Å². The van der Waals surface area contributed by atoms with Gasteiger partial charge in [-0.05, 0) is 11.1 Å². The zero-order chi connectivity index (χ0) is 10.1. The summed E-state index contributed by atoms with van der Waals surface area (Å²) in [6.07, 6.45) is -0.927. The Morgan fingerprint density at radius 1 is 1.36 bits per heavy atom. The standard InChI is InChI=1S/C10H8O4/c11-8(10(12)13)9-7-4-2-1-3-6(7)5-14-9/h1-4,9H,5H2,(H,12,13). The summed E-state index contributed by atoms with van der Waals surface area (Å²) < 4.78 is 5.12. The number of carbonyl (C=O) groups excluding carboxylic acids is 1. The average molecular weight is 192 g/mol. The normalized spacial score (nSPS) is 19.0. The van der Waals surface area contributed by atoms with Gasteiger partial charge in [0, 0.05) is 0 Å². The molecule has 0 aliphatic carbocycles. The van der Waals surface area contributed by atoms with Gasteiger partial charge >= 0.3 is 5.97 Å². The maximum atomic E-state index is 11.2. The average Bonchev–Trinajstić information content (AvgIpc) is 2.60. The molecule has 0 fully saturated rings. The van der Waals surface area contributed by atoms with E-state index in [9.17, 15) is 9.59 Å². The zero-order valence-electron chi connectivity index (χ0n) is 7.27. The van der Waals surface area contributed by atoms with E-state index in [2.05, 4.69) is 0 Å². The van der Waals surface area contributed by atoms with Crippen molar-refractivity contribution < 1.29 is 19.4 Å². The molecule has 14 heavy (non-hydrogen) atoms. The topological polar surface area (TPSA) is 63.6 Å². The quantitative estimate of drug-likeness (QED) is 0.707. The lowest BCUT2D eigenvalue weighted by molar-refractivity contribution is -0.154. The predicted molar refractivity (Wildman–Crippen MR) is 46.6 cm³/mol. The SMILES string of the molecule is O=C(O)C(=O)C1OCc2ccccc21. The molecule has 0 aromatic heterocycles. The van der Waals surface area contributed by atoms with Crippen LogP contribution in [0, 0.1) is 0 Å². The Hall–Kier alpha value is -1.68. The maximum absolute atomic E-state index is 11.2. The molecule has 4 nitrogen and oxygen atoms in total. The van der Waals surface area contributed by atoms with E-state index in [1.807, 2.05) is 12.1 Å². The predicted octanol–water partition coefficient (Wildman–Crippen LogP) is 0.912. The van der Waals surface area contributed by atoms with Gasteiger partial charge < -0.3 is 9.84 Å². The molecule has 1 aliphatic rings. The molecule has 0 saturated heterocycles. The van der Waals surface area contributed by atoms with Crippen molar-refractivity contribution in [2.24, 2.45) is 0 Å². The Kier molecular flexibility index (Phi) is 2.05. The zero-order valence-corrected chi connectivity index (χ0v) is 7.27. The largest absolute Gasteiger partial charge is 0.475 e. The van der Waals surface area contributed by atoms with Gasteiger partial charge in [-0.2, -0.15) is 0 Å². The summed E-state index contributed by atoms with van der Waals surface area (Å²) in [4.78, 5) is 21.6. The minimum atomic E-state index is -1.45. The number of carboxylic acids is 1. The number of hydrogen-bond acceptors (Lipinski definition) is 3. The number of benzene rings is 1. The van der Waals surface area contributed by atoms with Crippen LogP contribution in [0.5, 0.6) is 0 Å². The molecule has 4 heteroatoms. The van der Waals surface area contributed by atoms with Gasteiger partial charge in [0.1, 0.15) is 0 Å². The fourth-order valence-corrected chi connectivity index (χ4v) is 1.51.